The molecule has 0 aromatic heterocycles. The van der Waals surface area contributed by atoms with E-state index in [1.165, 1.54) is 6.42 Å². The van der Waals surface area contributed by atoms with Crippen molar-refractivity contribution in [1.82, 2.24) is 10.2 Å². The maximum atomic E-state index is 14.0. The minimum atomic E-state index is -1.09. The molecule has 7 nitrogen and oxygen atoms in total. The van der Waals surface area contributed by atoms with Crippen LogP contribution in [0.1, 0.15) is 64.7 Å². The third-order valence-electron chi connectivity index (χ3n) is 8.47. The average Bonchev–Trinajstić information content (AvgIpc) is 3.54. The van der Waals surface area contributed by atoms with Crippen molar-refractivity contribution in [2.75, 3.05) is 18.1 Å². The Morgan fingerprint density at radius 3 is 2.70 bits per heavy atom. The number of thioether (sulfide) groups is 1. The predicted octanol–water partition coefficient (Wildman–Crippen LogP) is 4.53. The first kappa shape index (κ1) is 26.3. The minimum absolute atomic E-state index is 0.134. The third kappa shape index (κ3) is 4.94. The van der Waals surface area contributed by atoms with E-state index in [-0.39, 0.29) is 23.8 Å². The number of fused-ring (bicyclic) bond motifs is 1. The minimum Gasteiger partial charge on any atom is -0.359 e. The number of carbonyl (C=O) groups is 3. The largest absolute Gasteiger partial charge is 0.359 e. The smallest absolute Gasteiger partial charge is 0.246 e. The van der Waals surface area contributed by atoms with Gasteiger partial charge in [-0.3, -0.25) is 14.4 Å². The molecule has 0 unspecified atom stereocenters. The maximum Gasteiger partial charge on any atom is 0.246 e. The van der Waals surface area contributed by atoms with E-state index < -0.39 is 29.6 Å². The second-order valence-corrected chi connectivity index (χ2v) is 11.7. The third-order valence-corrected chi connectivity index (χ3v) is 9.19. The molecule has 1 saturated carbocycles. The lowest BCUT2D eigenvalue weighted by Crippen LogP contribution is -2.56. The zero-order valence-corrected chi connectivity index (χ0v) is 22.7. The van der Waals surface area contributed by atoms with Crippen LogP contribution in [0.5, 0.6) is 0 Å². The van der Waals surface area contributed by atoms with Gasteiger partial charge in [-0.05, 0) is 43.7 Å². The van der Waals surface area contributed by atoms with Crippen LogP contribution in [-0.4, -0.2) is 59.2 Å². The summed E-state index contributed by atoms with van der Waals surface area (Å²) < 4.78 is 6.45. The molecule has 1 spiro atoms. The molecule has 5 atom stereocenters. The van der Waals surface area contributed by atoms with Crippen LogP contribution in [0, 0.1) is 11.8 Å². The zero-order chi connectivity index (χ0) is 26.0. The van der Waals surface area contributed by atoms with Gasteiger partial charge in [-0.2, -0.15) is 0 Å². The molecule has 1 aromatic carbocycles. The van der Waals surface area contributed by atoms with Crippen LogP contribution in [0.3, 0.4) is 0 Å². The molecule has 5 rings (SSSR count). The molecule has 3 aliphatic heterocycles. The Morgan fingerprint density at radius 2 is 1.95 bits per heavy atom. The Labute approximate surface area is 224 Å². The number of nitrogens with one attached hydrogen (secondary N) is 2. The first-order valence-corrected chi connectivity index (χ1v) is 15.1. The number of anilines is 1. The number of carbonyl (C=O) groups excluding carboxylic acids is 3. The summed E-state index contributed by atoms with van der Waals surface area (Å²) in [5.74, 6) is -1.87. The van der Waals surface area contributed by atoms with Gasteiger partial charge in [0.05, 0.1) is 17.9 Å². The van der Waals surface area contributed by atoms with Crippen molar-refractivity contribution in [1.29, 1.82) is 0 Å². The van der Waals surface area contributed by atoms with Gasteiger partial charge in [0.15, 0.2) is 0 Å². The highest BCUT2D eigenvalue weighted by Gasteiger charge is 2.72. The van der Waals surface area contributed by atoms with Crippen LogP contribution in [-0.2, 0) is 19.1 Å². The standard InChI is InChI=1S/C29H39N3O4S/c1-3-4-5-9-17-32-25(27(34)30-19-11-7-6-8-12-19)29-16-15-22(36-29)23(24(29)28(32)35)26(33)31-20-13-10-14-21(18-20)37-2/h10,13-16,18-19,22-25H,3-9,11-12,17H2,1-2H3,(H,30,34)(H,31,33)/t22-,23-,24-,25-,29+/m1/s1. The lowest BCUT2D eigenvalue weighted by atomic mass is 9.74. The lowest BCUT2D eigenvalue weighted by molar-refractivity contribution is -0.141. The predicted molar refractivity (Wildman–Crippen MR) is 145 cm³/mol. The first-order valence-electron chi connectivity index (χ1n) is 13.9. The van der Waals surface area contributed by atoms with Crippen molar-refractivity contribution in [2.45, 2.75) is 93.4 Å². The van der Waals surface area contributed by atoms with Crippen molar-refractivity contribution in [3.05, 3.63) is 36.4 Å². The number of unbranched alkanes of at least 4 members (excludes halogenated alkanes) is 3. The molecule has 2 saturated heterocycles. The number of hydrogen-bond acceptors (Lipinski definition) is 5. The fraction of sp³-hybridized carbons (Fsp3) is 0.621. The van der Waals surface area contributed by atoms with Crippen molar-refractivity contribution in [3.63, 3.8) is 0 Å². The molecule has 2 bridgehead atoms. The summed E-state index contributed by atoms with van der Waals surface area (Å²) in [5.41, 5.74) is -0.389. The van der Waals surface area contributed by atoms with E-state index in [1.54, 1.807) is 16.7 Å². The highest BCUT2D eigenvalue weighted by molar-refractivity contribution is 7.98. The number of benzene rings is 1. The van der Waals surface area contributed by atoms with Crippen molar-refractivity contribution >= 4 is 35.2 Å². The van der Waals surface area contributed by atoms with Crippen LogP contribution < -0.4 is 10.6 Å². The molecular formula is C29H39N3O4S. The van der Waals surface area contributed by atoms with E-state index in [9.17, 15) is 14.4 Å². The zero-order valence-electron chi connectivity index (χ0n) is 21.9. The molecule has 1 aromatic rings. The molecule has 37 heavy (non-hydrogen) atoms. The fourth-order valence-corrected chi connectivity index (χ4v) is 7.13. The number of likely N-dealkylation sites (tertiary alicyclic amines) is 1. The van der Waals surface area contributed by atoms with Gasteiger partial charge in [0.25, 0.3) is 0 Å². The molecule has 2 N–H and O–H groups in total. The Kier molecular flexibility index (Phi) is 7.96. The summed E-state index contributed by atoms with van der Waals surface area (Å²) in [5, 5.41) is 6.27. The first-order chi connectivity index (χ1) is 18.0. The number of rotatable bonds is 10. The average molecular weight is 526 g/mol. The van der Waals surface area contributed by atoms with Gasteiger partial charge < -0.3 is 20.3 Å². The Balaban J connectivity index is 1.40. The monoisotopic (exact) mass is 525 g/mol. The molecule has 8 heteroatoms. The quantitative estimate of drug-likeness (QED) is 0.266. The highest BCUT2D eigenvalue weighted by atomic mass is 32.2. The van der Waals surface area contributed by atoms with E-state index >= 15 is 0 Å². The summed E-state index contributed by atoms with van der Waals surface area (Å²) in [6, 6.07) is 7.08. The van der Waals surface area contributed by atoms with Gasteiger partial charge in [0.2, 0.25) is 17.7 Å². The van der Waals surface area contributed by atoms with Crippen molar-refractivity contribution < 1.29 is 19.1 Å². The summed E-state index contributed by atoms with van der Waals surface area (Å²) in [6.45, 7) is 2.66. The van der Waals surface area contributed by atoms with Gasteiger partial charge in [-0.25, -0.2) is 0 Å². The molecule has 200 valence electrons. The second kappa shape index (κ2) is 11.2. The van der Waals surface area contributed by atoms with Crippen LogP contribution in [0.15, 0.2) is 41.3 Å². The molecule has 3 amide bonds. The SMILES string of the molecule is CCCCCCN1C(=O)[C@H]2[C@H](C(=O)Nc3cccc(SC)c3)[C@H]3C=C[C@@]2(O3)[C@H]1C(=O)NC1CCCCC1. The Bertz CT molecular complexity index is 1060. The van der Waals surface area contributed by atoms with Crippen LogP contribution in [0.4, 0.5) is 5.69 Å². The molecular weight excluding hydrogens is 486 g/mol. The number of amides is 3. The van der Waals surface area contributed by atoms with Gasteiger partial charge >= 0.3 is 0 Å². The van der Waals surface area contributed by atoms with E-state index in [0.717, 1.165) is 56.3 Å². The van der Waals surface area contributed by atoms with Gasteiger partial charge in [0.1, 0.15) is 11.6 Å². The summed E-state index contributed by atoms with van der Waals surface area (Å²) in [4.78, 5) is 44.1. The van der Waals surface area contributed by atoms with E-state index in [4.69, 9.17) is 4.74 Å². The molecule has 1 aliphatic carbocycles. The lowest BCUT2D eigenvalue weighted by Gasteiger charge is -2.34. The summed E-state index contributed by atoms with van der Waals surface area (Å²) in [6.07, 6.45) is 14.7. The number of ether oxygens (including phenoxy) is 1. The maximum absolute atomic E-state index is 14.0. The van der Waals surface area contributed by atoms with Gasteiger partial charge in [-0.1, -0.05) is 63.7 Å². The second-order valence-electron chi connectivity index (χ2n) is 10.9. The number of nitrogens with zero attached hydrogens (tertiary/aromatic N) is 1. The summed E-state index contributed by atoms with van der Waals surface area (Å²) >= 11 is 1.61. The Morgan fingerprint density at radius 1 is 1.14 bits per heavy atom. The number of hydrogen-bond donors (Lipinski definition) is 2. The van der Waals surface area contributed by atoms with E-state index in [2.05, 4.69) is 17.6 Å². The Hall–Kier alpha value is -2.32. The fourth-order valence-electron chi connectivity index (χ4n) is 6.67. The van der Waals surface area contributed by atoms with E-state index in [1.807, 2.05) is 42.7 Å². The van der Waals surface area contributed by atoms with Crippen molar-refractivity contribution in [2.24, 2.45) is 11.8 Å². The van der Waals surface area contributed by atoms with Crippen LogP contribution in [0.2, 0.25) is 0 Å². The van der Waals surface area contributed by atoms with Crippen molar-refractivity contribution in [3.8, 4) is 0 Å². The summed E-state index contributed by atoms with van der Waals surface area (Å²) in [7, 11) is 0. The molecule has 4 aliphatic rings. The van der Waals surface area contributed by atoms with E-state index in [0.29, 0.717) is 12.2 Å². The molecule has 3 fully saturated rings. The van der Waals surface area contributed by atoms with Gasteiger partial charge in [0, 0.05) is 23.2 Å². The molecule has 0 radical (unpaired) electrons. The molecule has 3 heterocycles. The van der Waals surface area contributed by atoms with Crippen LogP contribution in [0.25, 0.3) is 0 Å². The van der Waals surface area contributed by atoms with Gasteiger partial charge in [-0.15, -0.1) is 11.8 Å². The highest BCUT2D eigenvalue weighted by Crippen LogP contribution is 2.55. The normalized spacial score (nSPS) is 30.5. The van der Waals surface area contributed by atoms with Crippen LogP contribution >= 0.6 is 11.8 Å². The topological polar surface area (TPSA) is 87.7 Å².